The second-order valence-corrected chi connectivity index (χ2v) is 6.51. The van der Waals surface area contributed by atoms with Crippen LogP contribution in [0.15, 0.2) is 54.6 Å². The number of hydrogen-bond acceptors (Lipinski definition) is 2. The van der Waals surface area contributed by atoms with Crippen molar-refractivity contribution in [2.75, 3.05) is 4.90 Å². The Morgan fingerprint density at radius 2 is 1.65 bits per heavy atom. The van der Waals surface area contributed by atoms with Gasteiger partial charge in [0.2, 0.25) is 5.91 Å². The number of benzene rings is 2. The number of nitrogens with zero attached hydrogens (tertiary/aromatic N) is 1. The van der Waals surface area contributed by atoms with E-state index in [0.717, 1.165) is 5.69 Å². The number of thioether (sulfide) groups is 1. The molecule has 0 aromatic heterocycles. The second kappa shape index (κ2) is 5.33. The molecule has 102 valence electrons. The maximum atomic E-state index is 12.5. The molecule has 2 atom stereocenters. The van der Waals surface area contributed by atoms with E-state index >= 15 is 0 Å². The normalized spacial score (nSPS) is 22.3. The molecular weight excluding hydrogens is 266 g/mol. The molecule has 1 heterocycles. The number of anilines is 1. The van der Waals surface area contributed by atoms with E-state index in [9.17, 15) is 4.79 Å². The summed E-state index contributed by atoms with van der Waals surface area (Å²) in [5.41, 5.74) is 3.36. The number of carbonyl (C=O) groups excluding carboxylic acids is 1. The van der Waals surface area contributed by atoms with E-state index in [2.05, 4.69) is 31.2 Å². The molecule has 0 saturated carbocycles. The van der Waals surface area contributed by atoms with E-state index in [4.69, 9.17) is 0 Å². The topological polar surface area (TPSA) is 20.3 Å². The van der Waals surface area contributed by atoms with Crippen LogP contribution in [0, 0.1) is 6.92 Å². The number of amides is 1. The van der Waals surface area contributed by atoms with Gasteiger partial charge in [-0.05, 0) is 31.5 Å². The zero-order chi connectivity index (χ0) is 14.1. The Morgan fingerprint density at radius 3 is 2.30 bits per heavy atom. The Morgan fingerprint density at radius 1 is 1.00 bits per heavy atom. The zero-order valence-electron chi connectivity index (χ0n) is 11.6. The van der Waals surface area contributed by atoms with Crippen LogP contribution in [0.2, 0.25) is 0 Å². The average Bonchev–Trinajstić information content (AvgIpc) is 2.77. The van der Waals surface area contributed by atoms with Gasteiger partial charge in [-0.2, -0.15) is 0 Å². The third-order valence-corrected chi connectivity index (χ3v) is 4.90. The minimum atomic E-state index is 0.00140. The highest BCUT2D eigenvalue weighted by Crippen LogP contribution is 2.45. The van der Waals surface area contributed by atoms with Crippen LogP contribution >= 0.6 is 11.8 Å². The summed E-state index contributed by atoms with van der Waals surface area (Å²) in [5.74, 6) is 0.188. The molecule has 3 rings (SSSR count). The summed E-state index contributed by atoms with van der Waals surface area (Å²) in [7, 11) is 0. The molecule has 1 aliphatic rings. The number of carbonyl (C=O) groups is 1. The van der Waals surface area contributed by atoms with Crippen LogP contribution in [0.5, 0.6) is 0 Å². The quantitative estimate of drug-likeness (QED) is 0.824. The third kappa shape index (κ3) is 2.34. The van der Waals surface area contributed by atoms with Crippen molar-refractivity contribution in [2.24, 2.45) is 0 Å². The zero-order valence-corrected chi connectivity index (χ0v) is 12.4. The van der Waals surface area contributed by atoms with Crippen LogP contribution in [0.3, 0.4) is 0 Å². The average molecular weight is 283 g/mol. The van der Waals surface area contributed by atoms with Gasteiger partial charge < -0.3 is 0 Å². The molecule has 20 heavy (non-hydrogen) atoms. The fourth-order valence-corrected chi connectivity index (χ4v) is 3.72. The maximum Gasteiger partial charge on any atom is 0.241 e. The van der Waals surface area contributed by atoms with Gasteiger partial charge in [0.05, 0.1) is 5.25 Å². The molecule has 1 saturated heterocycles. The smallest absolute Gasteiger partial charge is 0.241 e. The molecule has 2 nitrogen and oxygen atoms in total. The first-order valence-electron chi connectivity index (χ1n) is 6.77. The summed E-state index contributed by atoms with van der Waals surface area (Å²) < 4.78 is 0. The van der Waals surface area contributed by atoms with Gasteiger partial charge in [0, 0.05) is 5.69 Å². The van der Waals surface area contributed by atoms with Crippen molar-refractivity contribution in [1.82, 2.24) is 0 Å². The first-order valence-corrected chi connectivity index (χ1v) is 7.71. The molecule has 0 radical (unpaired) electrons. The Hall–Kier alpha value is -1.74. The lowest BCUT2D eigenvalue weighted by atomic mass is 10.1. The number of hydrogen-bond donors (Lipinski definition) is 0. The summed E-state index contributed by atoms with van der Waals surface area (Å²) in [6, 6.07) is 18.4. The maximum absolute atomic E-state index is 12.5. The van der Waals surface area contributed by atoms with Gasteiger partial charge in [-0.3, -0.25) is 9.69 Å². The molecule has 1 amide bonds. The molecule has 2 aromatic carbocycles. The van der Waals surface area contributed by atoms with Crippen molar-refractivity contribution >= 4 is 23.4 Å². The van der Waals surface area contributed by atoms with E-state index in [1.807, 2.05) is 42.2 Å². The first kappa shape index (κ1) is 13.3. The van der Waals surface area contributed by atoms with Crippen LogP contribution in [-0.2, 0) is 4.79 Å². The highest BCUT2D eigenvalue weighted by Gasteiger charge is 2.39. The number of rotatable bonds is 2. The minimum Gasteiger partial charge on any atom is -0.295 e. The van der Waals surface area contributed by atoms with Crippen molar-refractivity contribution in [3.05, 3.63) is 65.7 Å². The van der Waals surface area contributed by atoms with Gasteiger partial charge in [0.25, 0.3) is 0 Å². The molecule has 0 bridgehead atoms. The highest BCUT2D eigenvalue weighted by atomic mass is 32.2. The Kier molecular flexibility index (Phi) is 3.53. The van der Waals surface area contributed by atoms with Crippen LogP contribution < -0.4 is 4.90 Å². The van der Waals surface area contributed by atoms with Crippen LogP contribution in [0.1, 0.15) is 23.4 Å². The lowest BCUT2D eigenvalue weighted by Crippen LogP contribution is -2.30. The van der Waals surface area contributed by atoms with Crippen LogP contribution in [-0.4, -0.2) is 11.2 Å². The Labute approximate surface area is 123 Å². The van der Waals surface area contributed by atoms with Crippen molar-refractivity contribution in [2.45, 2.75) is 24.5 Å². The minimum absolute atomic E-state index is 0.00140. The molecule has 2 aromatic rings. The van der Waals surface area contributed by atoms with E-state index < -0.39 is 0 Å². The summed E-state index contributed by atoms with van der Waals surface area (Å²) in [4.78, 5) is 14.4. The fraction of sp³-hybridized carbons (Fsp3) is 0.235. The lowest BCUT2D eigenvalue weighted by Gasteiger charge is -2.24. The highest BCUT2D eigenvalue weighted by molar-refractivity contribution is 8.01. The van der Waals surface area contributed by atoms with Crippen molar-refractivity contribution in [3.8, 4) is 0 Å². The van der Waals surface area contributed by atoms with Gasteiger partial charge in [-0.25, -0.2) is 0 Å². The second-order valence-electron chi connectivity index (χ2n) is 5.09. The standard InChI is InChI=1S/C17H17NOS/c1-12-8-10-15(11-9-12)18-16(19)13(2)20-17(18)14-6-4-3-5-7-14/h3-11,13,17H,1-2H3. The van der Waals surface area contributed by atoms with Gasteiger partial charge in [-0.15, -0.1) is 11.8 Å². The van der Waals surface area contributed by atoms with Crippen LogP contribution in [0.25, 0.3) is 0 Å². The third-order valence-electron chi connectivity index (χ3n) is 3.55. The van der Waals surface area contributed by atoms with Crippen LogP contribution in [0.4, 0.5) is 5.69 Å². The molecule has 3 heteroatoms. The molecule has 1 fully saturated rings. The van der Waals surface area contributed by atoms with Gasteiger partial charge in [-0.1, -0.05) is 48.0 Å². The van der Waals surface area contributed by atoms with E-state index in [-0.39, 0.29) is 16.5 Å². The predicted octanol–water partition coefficient (Wildman–Crippen LogP) is 4.16. The first-order chi connectivity index (χ1) is 9.66. The van der Waals surface area contributed by atoms with Crippen molar-refractivity contribution in [1.29, 1.82) is 0 Å². The molecule has 0 spiro atoms. The predicted molar refractivity (Wildman–Crippen MR) is 84.9 cm³/mol. The number of aryl methyl sites for hydroxylation is 1. The molecule has 0 aliphatic carbocycles. The summed E-state index contributed by atoms with van der Waals surface area (Å²) in [5, 5.41) is 0.0721. The van der Waals surface area contributed by atoms with E-state index in [1.165, 1.54) is 11.1 Å². The Bertz CT molecular complexity index is 609. The largest absolute Gasteiger partial charge is 0.295 e. The molecule has 2 unspecified atom stereocenters. The summed E-state index contributed by atoms with van der Waals surface area (Å²) in [6.07, 6.45) is 0. The monoisotopic (exact) mass is 283 g/mol. The van der Waals surface area contributed by atoms with Gasteiger partial charge >= 0.3 is 0 Å². The lowest BCUT2D eigenvalue weighted by molar-refractivity contribution is -0.117. The van der Waals surface area contributed by atoms with E-state index in [0.29, 0.717) is 0 Å². The van der Waals surface area contributed by atoms with Gasteiger partial charge in [0.15, 0.2) is 0 Å². The SMILES string of the molecule is Cc1ccc(N2C(=O)C(C)SC2c2ccccc2)cc1. The molecular formula is C17H17NOS. The fourth-order valence-electron chi connectivity index (χ4n) is 2.44. The van der Waals surface area contributed by atoms with Crippen molar-refractivity contribution in [3.63, 3.8) is 0 Å². The molecule has 0 N–H and O–H groups in total. The Balaban J connectivity index is 2.01. The van der Waals surface area contributed by atoms with Crippen molar-refractivity contribution < 1.29 is 4.79 Å². The summed E-state index contributed by atoms with van der Waals surface area (Å²) >= 11 is 1.71. The summed E-state index contributed by atoms with van der Waals surface area (Å²) in [6.45, 7) is 4.04. The molecule has 1 aliphatic heterocycles. The van der Waals surface area contributed by atoms with Gasteiger partial charge in [0.1, 0.15) is 5.37 Å². The van der Waals surface area contributed by atoms with E-state index in [1.54, 1.807) is 11.8 Å².